The quantitative estimate of drug-likeness (QED) is 0.508. The molecule has 13 heavy (non-hydrogen) atoms. The maximum absolute atomic E-state index is 11.0. The Labute approximate surface area is 76.6 Å². The Morgan fingerprint density at radius 1 is 1.77 bits per heavy atom. The zero-order chi connectivity index (χ0) is 10.3. The molecule has 5 nitrogen and oxygen atoms in total. The molecule has 0 saturated carbocycles. The van der Waals surface area contributed by atoms with Crippen LogP contribution in [0.4, 0.5) is 0 Å². The third-order valence-corrected chi connectivity index (χ3v) is 2.16. The van der Waals surface area contributed by atoms with E-state index in [2.05, 4.69) is 16.4 Å². The lowest BCUT2D eigenvalue weighted by Gasteiger charge is -2.07. The molecule has 0 aromatic carbocycles. The van der Waals surface area contributed by atoms with E-state index in [4.69, 9.17) is 4.89 Å². The smallest absolute Gasteiger partial charge is 0.382 e. The van der Waals surface area contributed by atoms with Crippen molar-refractivity contribution < 1.29 is 18.8 Å². The second kappa shape index (κ2) is 5.56. The summed E-state index contributed by atoms with van der Waals surface area (Å²) in [5.74, 6) is -0.899. The first-order valence-corrected chi connectivity index (χ1v) is 5.28. The third-order valence-electron chi connectivity index (χ3n) is 1.02. The van der Waals surface area contributed by atoms with Gasteiger partial charge < -0.3 is 14.7 Å². The van der Waals surface area contributed by atoms with Gasteiger partial charge in [-0.25, -0.2) is 9.36 Å². The molecule has 2 N–H and O–H groups in total. The Bertz CT molecular complexity index is 261. The fourth-order valence-electron chi connectivity index (χ4n) is 0.519. The monoisotopic (exact) mass is 205 g/mol. The highest BCUT2D eigenvalue weighted by molar-refractivity contribution is 7.53. The molecule has 0 aliphatic rings. The van der Waals surface area contributed by atoms with Crippen molar-refractivity contribution in [2.45, 2.75) is 0 Å². The Balaban J connectivity index is 4.08. The second-order valence-electron chi connectivity index (χ2n) is 2.13. The number of carbonyl (C=O) groups is 1. The van der Waals surface area contributed by atoms with Crippen molar-refractivity contribution in [3.8, 4) is 0 Å². The number of hydrogen-bond donors (Lipinski definition) is 2. The Kier molecular flexibility index (Phi) is 5.11. The zero-order valence-electron chi connectivity index (χ0n) is 7.27. The lowest BCUT2D eigenvalue weighted by Crippen LogP contribution is -2.00. The molecule has 1 unspecified atom stereocenters. The van der Waals surface area contributed by atoms with Crippen molar-refractivity contribution in [2.24, 2.45) is 0 Å². The van der Waals surface area contributed by atoms with Crippen molar-refractivity contribution >= 4 is 13.6 Å². The highest BCUT2D eigenvalue weighted by Crippen LogP contribution is 2.41. The Morgan fingerprint density at radius 2 is 2.38 bits per heavy atom. The van der Waals surface area contributed by atoms with Crippen LogP contribution in [0.15, 0.2) is 24.9 Å². The van der Waals surface area contributed by atoms with Gasteiger partial charge in [-0.15, -0.1) is 0 Å². The molecule has 0 aliphatic carbocycles. The van der Waals surface area contributed by atoms with E-state index in [1.807, 2.05) is 0 Å². The van der Waals surface area contributed by atoms with E-state index in [0.29, 0.717) is 0 Å². The number of rotatable bonds is 5. The fraction of sp³-hybridized carbons (Fsp3) is 0.286. The molecule has 0 aromatic heterocycles. The average Bonchev–Trinajstić information content (AvgIpc) is 2.03. The van der Waals surface area contributed by atoms with Crippen molar-refractivity contribution in [3.63, 3.8) is 0 Å². The summed E-state index contributed by atoms with van der Waals surface area (Å²) in [7, 11) is -2.20. The van der Waals surface area contributed by atoms with E-state index in [1.165, 1.54) is 12.3 Å². The lowest BCUT2D eigenvalue weighted by molar-refractivity contribution is -0.129. The van der Waals surface area contributed by atoms with Crippen LogP contribution in [0.1, 0.15) is 0 Å². The van der Waals surface area contributed by atoms with Crippen molar-refractivity contribution in [1.29, 1.82) is 0 Å². The molecule has 0 rings (SSSR count). The normalized spacial score (nSPS) is 14.9. The summed E-state index contributed by atoms with van der Waals surface area (Å²) in [5.41, 5.74) is 0. The van der Waals surface area contributed by atoms with Gasteiger partial charge in [0, 0.05) is 13.1 Å². The predicted molar refractivity (Wildman–Crippen MR) is 49.2 cm³/mol. The number of nitrogens with one attached hydrogen (secondary N) is 1. The molecule has 1 atom stereocenters. The van der Waals surface area contributed by atoms with Crippen LogP contribution in [0, 0.1) is 0 Å². The van der Waals surface area contributed by atoms with Crippen LogP contribution in [0.2, 0.25) is 0 Å². The largest absolute Gasteiger partial charge is 0.394 e. The summed E-state index contributed by atoms with van der Waals surface area (Å²) in [6, 6.07) is 0. The lowest BCUT2D eigenvalue weighted by atomic mass is 10.7. The van der Waals surface area contributed by atoms with Crippen LogP contribution in [0.25, 0.3) is 0 Å². The maximum atomic E-state index is 11.0. The molecular formula is C7H12NO4P. The van der Waals surface area contributed by atoms with Crippen molar-refractivity contribution in [2.75, 3.05) is 13.2 Å². The standard InChI is InChI=1S/C7H12NO4P/c1-3-7(9)12-13(10,11)6-4-5-8-2/h3-5,8H,1,6H2,2H3,(H,10,11). The second-order valence-corrected chi connectivity index (χ2v) is 3.95. The highest BCUT2D eigenvalue weighted by Gasteiger charge is 2.20. The summed E-state index contributed by atoms with van der Waals surface area (Å²) in [5, 5.41) is 2.63. The van der Waals surface area contributed by atoms with E-state index >= 15 is 0 Å². The molecule has 6 heteroatoms. The van der Waals surface area contributed by atoms with Gasteiger partial charge in [0.05, 0.1) is 6.16 Å². The molecular weight excluding hydrogens is 193 g/mol. The zero-order valence-corrected chi connectivity index (χ0v) is 8.16. The molecule has 0 aromatic rings. The van der Waals surface area contributed by atoms with Gasteiger partial charge in [0.25, 0.3) is 0 Å². The minimum atomic E-state index is -3.84. The van der Waals surface area contributed by atoms with Crippen LogP contribution in [-0.4, -0.2) is 24.1 Å². The minimum absolute atomic E-state index is 0.215. The molecule has 0 aliphatic heterocycles. The predicted octanol–water partition coefficient (Wildman–Crippen LogP) is 0.634. The van der Waals surface area contributed by atoms with Crippen LogP contribution in [0.5, 0.6) is 0 Å². The van der Waals surface area contributed by atoms with Gasteiger partial charge in [-0.05, 0) is 6.20 Å². The Morgan fingerprint density at radius 3 is 2.85 bits per heavy atom. The molecule has 0 fully saturated rings. The first kappa shape index (κ1) is 11.9. The van der Waals surface area contributed by atoms with E-state index in [1.54, 1.807) is 7.05 Å². The van der Waals surface area contributed by atoms with Gasteiger partial charge in [-0.3, -0.25) is 0 Å². The van der Waals surface area contributed by atoms with E-state index in [9.17, 15) is 9.36 Å². The van der Waals surface area contributed by atoms with Gasteiger partial charge in [0.2, 0.25) is 0 Å². The van der Waals surface area contributed by atoms with Gasteiger partial charge in [-0.1, -0.05) is 12.7 Å². The summed E-state index contributed by atoms with van der Waals surface area (Å²) < 4.78 is 15.3. The number of hydrogen-bond acceptors (Lipinski definition) is 4. The number of allylic oxidation sites excluding steroid dienone is 1. The van der Waals surface area contributed by atoms with Gasteiger partial charge >= 0.3 is 13.6 Å². The Hall–Kier alpha value is -1.06. The number of carbonyl (C=O) groups excluding carboxylic acids is 1. The molecule has 0 spiro atoms. The molecule has 0 saturated heterocycles. The summed E-state index contributed by atoms with van der Waals surface area (Å²) in [6.07, 6.45) is 3.50. The van der Waals surface area contributed by atoms with Crippen LogP contribution in [0.3, 0.4) is 0 Å². The topological polar surface area (TPSA) is 75.6 Å². The fourth-order valence-corrected chi connectivity index (χ4v) is 1.32. The van der Waals surface area contributed by atoms with Gasteiger partial charge in [0.15, 0.2) is 0 Å². The van der Waals surface area contributed by atoms with E-state index in [-0.39, 0.29) is 6.16 Å². The molecule has 0 amide bonds. The van der Waals surface area contributed by atoms with Crippen molar-refractivity contribution in [3.05, 3.63) is 24.9 Å². The molecule has 0 bridgehead atoms. The summed E-state index contributed by atoms with van der Waals surface area (Å²) in [6.45, 7) is 3.10. The highest BCUT2D eigenvalue weighted by atomic mass is 31.2. The van der Waals surface area contributed by atoms with Crippen molar-refractivity contribution in [1.82, 2.24) is 5.32 Å². The molecule has 0 radical (unpaired) electrons. The summed E-state index contributed by atoms with van der Waals surface area (Å²) >= 11 is 0. The first-order chi connectivity index (χ1) is 6.02. The van der Waals surface area contributed by atoms with Crippen LogP contribution < -0.4 is 5.32 Å². The van der Waals surface area contributed by atoms with E-state index < -0.39 is 13.6 Å². The minimum Gasteiger partial charge on any atom is -0.394 e. The maximum Gasteiger partial charge on any atom is 0.382 e. The van der Waals surface area contributed by atoms with E-state index in [0.717, 1.165) is 6.08 Å². The average molecular weight is 205 g/mol. The molecule has 74 valence electrons. The van der Waals surface area contributed by atoms with Crippen LogP contribution >= 0.6 is 7.60 Å². The SMILES string of the molecule is C=CC(=O)OP(=O)(O)CC=CNC. The molecule has 0 heterocycles. The third kappa shape index (κ3) is 6.13. The first-order valence-electron chi connectivity index (χ1n) is 3.52. The van der Waals surface area contributed by atoms with Crippen LogP contribution in [-0.2, 0) is 13.9 Å². The van der Waals surface area contributed by atoms with Gasteiger partial charge in [0.1, 0.15) is 0 Å². The summed E-state index contributed by atoms with van der Waals surface area (Å²) in [4.78, 5) is 19.6. The van der Waals surface area contributed by atoms with Gasteiger partial charge in [-0.2, -0.15) is 0 Å².